The van der Waals surface area contributed by atoms with E-state index >= 15 is 0 Å². The third-order valence-corrected chi connectivity index (χ3v) is 3.35. The number of nitrogens with zero attached hydrogens (tertiary/aromatic N) is 4. The average molecular weight is 310 g/mol. The highest BCUT2D eigenvalue weighted by Gasteiger charge is 2.12. The van der Waals surface area contributed by atoms with Gasteiger partial charge in [0.15, 0.2) is 5.82 Å². The Labute approximate surface area is 115 Å². The van der Waals surface area contributed by atoms with Crippen LogP contribution < -0.4 is 5.73 Å². The molecule has 1 aromatic heterocycles. The lowest BCUT2D eigenvalue weighted by molar-refractivity contribution is 0.434. The van der Waals surface area contributed by atoms with Crippen LogP contribution in [0.2, 0.25) is 0 Å². The first-order chi connectivity index (χ1) is 8.60. The molecule has 0 amide bonds. The number of hydrogen-bond donors (Lipinski definition) is 1. The molecule has 0 aliphatic heterocycles. The predicted molar refractivity (Wildman–Crippen MR) is 74.8 cm³/mol. The summed E-state index contributed by atoms with van der Waals surface area (Å²) in [7, 11) is 0. The number of nitrogens with two attached hydrogens (primary N) is 1. The van der Waals surface area contributed by atoms with E-state index in [1.165, 1.54) is 0 Å². The number of benzene rings is 1. The largest absolute Gasteiger partial charge is 0.399 e. The summed E-state index contributed by atoms with van der Waals surface area (Å²) in [6, 6.07) is 5.70. The van der Waals surface area contributed by atoms with E-state index in [9.17, 15) is 0 Å². The van der Waals surface area contributed by atoms with Gasteiger partial charge in [-0.1, -0.05) is 36.2 Å². The minimum atomic E-state index is 0.539. The minimum absolute atomic E-state index is 0.539. The Bertz CT molecular complexity index is 517. The molecule has 0 radical (unpaired) electrons. The van der Waals surface area contributed by atoms with Crippen LogP contribution in [0, 0.1) is 5.92 Å². The molecule has 5 nitrogen and oxygen atoms in total. The molecule has 0 aliphatic carbocycles. The number of nitrogen functional groups attached to an aromatic ring is 1. The third kappa shape index (κ3) is 2.87. The summed E-state index contributed by atoms with van der Waals surface area (Å²) in [6.07, 6.45) is 1.10. The first-order valence-corrected chi connectivity index (χ1v) is 6.72. The van der Waals surface area contributed by atoms with Crippen LogP contribution in [-0.2, 0) is 6.54 Å². The highest BCUT2D eigenvalue weighted by molar-refractivity contribution is 9.10. The zero-order chi connectivity index (χ0) is 13.1. The molecule has 2 N–H and O–H groups in total. The van der Waals surface area contributed by atoms with Crippen molar-refractivity contribution in [1.29, 1.82) is 0 Å². The number of anilines is 1. The standard InChI is InChI=1S/C12H16BrN5/c1-3-8(2)7-18-12(15-16-17-18)9-4-10(13)6-11(14)5-9/h4-6,8H,3,7,14H2,1-2H3. The highest BCUT2D eigenvalue weighted by atomic mass is 79.9. The molecule has 1 heterocycles. The van der Waals surface area contributed by atoms with Crippen molar-refractivity contribution in [2.45, 2.75) is 26.8 Å². The van der Waals surface area contributed by atoms with Crippen molar-refractivity contribution in [2.24, 2.45) is 5.92 Å². The number of halogens is 1. The van der Waals surface area contributed by atoms with Crippen LogP contribution >= 0.6 is 15.9 Å². The summed E-state index contributed by atoms with van der Waals surface area (Å²) in [5.74, 6) is 1.29. The third-order valence-electron chi connectivity index (χ3n) is 2.89. The lowest BCUT2D eigenvalue weighted by Crippen LogP contribution is -2.10. The Hall–Kier alpha value is -1.43. The molecule has 0 aliphatic rings. The van der Waals surface area contributed by atoms with Gasteiger partial charge in [-0.15, -0.1) is 5.10 Å². The van der Waals surface area contributed by atoms with Crippen molar-refractivity contribution in [1.82, 2.24) is 20.2 Å². The van der Waals surface area contributed by atoms with E-state index in [1.54, 1.807) is 0 Å². The highest BCUT2D eigenvalue weighted by Crippen LogP contribution is 2.24. The summed E-state index contributed by atoms with van der Waals surface area (Å²) in [4.78, 5) is 0. The first-order valence-electron chi connectivity index (χ1n) is 5.92. The molecule has 2 aromatic rings. The van der Waals surface area contributed by atoms with E-state index in [-0.39, 0.29) is 0 Å². The maximum atomic E-state index is 5.84. The summed E-state index contributed by atoms with van der Waals surface area (Å²) >= 11 is 3.43. The van der Waals surface area contributed by atoms with E-state index in [0.29, 0.717) is 11.6 Å². The van der Waals surface area contributed by atoms with Gasteiger partial charge >= 0.3 is 0 Å². The van der Waals surface area contributed by atoms with Crippen LogP contribution in [0.4, 0.5) is 5.69 Å². The van der Waals surface area contributed by atoms with Gasteiger partial charge in [-0.3, -0.25) is 0 Å². The fraction of sp³-hybridized carbons (Fsp3) is 0.417. The van der Waals surface area contributed by atoms with Crippen molar-refractivity contribution in [2.75, 3.05) is 5.73 Å². The molecular weight excluding hydrogens is 294 g/mol. The van der Waals surface area contributed by atoms with Gasteiger partial charge in [0.25, 0.3) is 0 Å². The van der Waals surface area contributed by atoms with Crippen LogP contribution in [-0.4, -0.2) is 20.2 Å². The number of rotatable bonds is 4. The summed E-state index contributed by atoms with van der Waals surface area (Å²) in [6.45, 7) is 5.15. The number of aromatic nitrogens is 4. The Kier molecular flexibility index (Phi) is 3.96. The molecule has 2 rings (SSSR count). The number of hydrogen-bond acceptors (Lipinski definition) is 4. The van der Waals surface area contributed by atoms with Crippen LogP contribution in [0.25, 0.3) is 11.4 Å². The summed E-state index contributed by atoms with van der Waals surface area (Å²) in [5, 5.41) is 11.9. The Balaban J connectivity index is 2.36. The van der Waals surface area contributed by atoms with Crippen molar-refractivity contribution in [3.8, 4) is 11.4 Å². The maximum absolute atomic E-state index is 5.84. The van der Waals surface area contributed by atoms with E-state index < -0.39 is 0 Å². The SMILES string of the molecule is CCC(C)Cn1nnnc1-c1cc(N)cc(Br)c1. The molecule has 1 unspecified atom stereocenters. The zero-order valence-electron chi connectivity index (χ0n) is 10.5. The van der Waals surface area contributed by atoms with Gasteiger partial charge in [0.2, 0.25) is 0 Å². The van der Waals surface area contributed by atoms with Gasteiger partial charge < -0.3 is 5.73 Å². The molecule has 1 aromatic carbocycles. The fourth-order valence-corrected chi connectivity index (χ4v) is 2.21. The van der Waals surface area contributed by atoms with Gasteiger partial charge in [0.05, 0.1) is 0 Å². The fourth-order valence-electron chi connectivity index (χ4n) is 1.70. The van der Waals surface area contributed by atoms with Crippen molar-refractivity contribution >= 4 is 21.6 Å². The molecular formula is C12H16BrN5. The Morgan fingerprint density at radius 1 is 1.39 bits per heavy atom. The van der Waals surface area contributed by atoms with E-state index in [1.807, 2.05) is 22.9 Å². The summed E-state index contributed by atoms with van der Waals surface area (Å²) < 4.78 is 2.76. The maximum Gasteiger partial charge on any atom is 0.182 e. The van der Waals surface area contributed by atoms with Crippen molar-refractivity contribution < 1.29 is 0 Å². The normalized spacial score (nSPS) is 12.6. The van der Waals surface area contributed by atoms with E-state index in [4.69, 9.17) is 5.73 Å². The lowest BCUT2D eigenvalue weighted by atomic mass is 10.1. The van der Waals surface area contributed by atoms with Gasteiger partial charge in [-0.2, -0.15) is 0 Å². The minimum Gasteiger partial charge on any atom is -0.399 e. The summed E-state index contributed by atoms with van der Waals surface area (Å²) in [5.41, 5.74) is 7.45. The topological polar surface area (TPSA) is 69.6 Å². The van der Waals surface area contributed by atoms with Crippen molar-refractivity contribution in [3.05, 3.63) is 22.7 Å². The quantitative estimate of drug-likeness (QED) is 0.882. The van der Waals surface area contributed by atoms with Crippen LogP contribution in [0.5, 0.6) is 0 Å². The smallest absolute Gasteiger partial charge is 0.182 e. The van der Waals surface area contributed by atoms with Crippen LogP contribution in [0.1, 0.15) is 20.3 Å². The zero-order valence-corrected chi connectivity index (χ0v) is 12.1. The lowest BCUT2D eigenvalue weighted by Gasteiger charge is -2.10. The van der Waals surface area contributed by atoms with Gasteiger partial charge in [-0.25, -0.2) is 4.68 Å². The molecule has 0 bridgehead atoms. The first kappa shape index (κ1) is 13.0. The number of tetrazole rings is 1. The second kappa shape index (κ2) is 5.48. The predicted octanol–water partition coefficient (Wildman–Crippen LogP) is 2.73. The Morgan fingerprint density at radius 2 is 2.17 bits per heavy atom. The monoisotopic (exact) mass is 309 g/mol. The van der Waals surface area contributed by atoms with Gasteiger partial charge in [-0.05, 0) is 34.5 Å². The average Bonchev–Trinajstić information content (AvgIpc) is 2.75. The second-order valence-electron chi connectivity index (χ2n) is 4.47. The Morgan fingerprint density at radius 3 is 2.83 bits per heavy atom. The molecule has 0 fully saturated rings. The van der Waals surface area contributed by atoms with Gasteiger partial charge in [0, 0.05) is 22.3 Å². The molecule has 0 saturated carbocycles. The molecule has 0 spiro atoms. The van der Waals surface area contributed by atoms with Crippen molar-refractivity contribution in [3.63, 3.8) is 0 Å². The van der Waals surface area contributed by atoms with Crippen LogP contribution in [0.15, 0.2) is 22.7 Å². The molecule has 18 heavy (non-hydrogen) atoms. The van der Waals surface area contributed by atoms with E-state index in [2.05, 4.69) is 45.3 Å². The molecule has 1 atom stereocenters. The van der Waals surface area contributed by atoms with Gasteiger partial charge in [0.1, 0.15) is 0 Å². The molecule has 0 saturated heterocycles. The molecule has 6 heteroatoms. The van der Waals surface area contributed by atoms with E-state index in [0.717, 1.165) is 28.8 Å². The second-order valence-corrected chi connectivity index (χ2v) is 5.39. The molecule has 96 valence electrons. The van der Waals surface area contributed by atoms with Crippen LogP contribution in [0.3, 0.4) is 0 Å².